The second-order valence-corrected chi connectivity index (χ2v) is 5.29. The van der Waals surface area contributed by atoms with Gasteiger partial charge in [-0.2, -0.15) is 0 Å². The summed E-state index contributed by atoms with van der Waals surface area (Å²) in [6.45, 7) is 2.13. The number of para-hydroxylation sites is 2. The van der Waals surface area contributed by atoms with Gasteiger partial charge >= 0.3 is 0 Å². The lowest BCUT2D eigenvalue weighted by molar-refractivity contribution is 0.626. The minimum atomic E-state index is -0.188. The molecule has 1 N–H and O–H groups in total. The van der Waals surface area contributed by atoms with Crippen LogP contribution in [0.1, 0.15) is 12.5 Å². The highest BCUT2D eigenvalue weighted by Crippen LogP contribution is 2.24. The van der Waals surface area contributed by atoms with Crippen molar-refractivity contribution >= 4 is 11.4 Å². The van der Waals surface area contributed by atoms with Crippen molar-refractivity contribution in [2.75, 3.05) is 24.3 Å². The van der Waals surface area contributed by atoms with Gasteiger partial charge in [0.2, 0.25) is 0 Å². The van der Waals surface area contributed by atoms with Crippen LogP contribution in [0.25, 0.3) is 0 Å². The summed E-state index contributed by atoms with van der Waals surface area (Å²) in [5.74, 6) is -0.188. The van der Waals surface area contributed by atoms with Gasteiger partial charge in [0.25, 0.3) is 0 Å². The van der Waals surface area contributed by atoms with Crippen LogP contribution in [0.5, 0.6) is 0 Å². The highest BCUT2D eigenvalue weighted by atomic mass is 19.1. The molecular weight excluding hydrogens is 251 g/mol. The van der Waals surface area contributed by atoms with E-state index in [1.165, 1.54) is 17.8 Å². The van der Waals surface area contributed by atoms with E-state index in [4.69, 9.17) is 0 Å². The van der Waals surface area contributed by atoms with Gasteiger partial charge in [0.15, 0.2) is 0 Å². The van der Waals surface area contributed by atoms with Gasteiger partial charge in [-0.3, -0.25) is 0 Å². The summed E-state index contributed by atoms with van der Waals surface area (Å²) in [7, 11) is 4.07. The molecule has 3 heteroatoms. The molecule has 0 aliphatic carbocycles. The first kappa shape index (κ1) is 14.4. The third-order valence-corrected chi connectivity index (χ3v) is 3.24. The molecular formula is C17H21FN2. The highest BCUT2D eigenvalue weighted by Gasteiger charge is 2.08. The SMILES string of the molecule is CC(Cc1ccc(F)cc1)Nc1ccccc1N(C)C. The first-order valence-corrected chi connectivity index (χ1v) is 6.83. The van der Waals surface area contributed by atoms with Crippen LogP contribution < -0.4 is 10.2 Å². The molecule has 2 aromatic carbocycles. The molecule has 0 aliphatic heterocycles. The Balaban J connectivity index is 2.04. The summed E-state index contributed by atoms with van der Waals surface area (Å²) in [6.07, 6.45) is 0.863. The number of rotatable bonds is 5. The van der Waals surface area contributed by atoms with Crippen LogP contribution in [0.2, 0.25) is 0 Å². The van der Waals surface area contributed by atoms with Gasteiger partial charge in [-0.25, -0.2) is 4.39 Å². The van der Waals surface area contributed by atoms with Crippen molar-refractivity contribution in [3.8, 4) is 0 Å². The Bertz CT molecular complexity index is 549. The van der Waals surface area contributed by atoms with Crippen LogP contribution in [-0.2, 0) is 6.42 Å². The van der Waals surface area contributed by atoms with E-state index in [9.17, 15) is 4.39 Å². The van der Waals surface area contributed by atoms with E-state index in [0.29, 0.717) is 0 Å². The van der Waals surface area contributed by atoms with Gasteiger partial charge in [0.1, 0.15) is 5.82 Å². The lowest BCUT2D eigenvalue weighted by Gasteiger charge is -2.22. The summed E-state index contributed by atoms with van der Waals surface area (Å²) in [5.41, 5.74) is 3.42. The van der Waals surface area contributed by atoms with Crippen molar-refractivity contribution in [3.63, 3.8) is 0 Å². The molecule has 2 rings (SSSR count). The fourth-order valence-electron chi connectivity index (χ4n) is 2.28. The highest BCUT2D eigenvalue weighted by molar-refractivity contribution is 5.69. The first-order chi connectivity index (χ1) is 9.56. The van der Waals surface area contributed by atoms with Gasteiger partial charge in [0.05, 0.1) is 11.4 Å². The molecule has 106 valence electrons. The lowest BCUT2D eigenvalue weighted by Crippen LogP contribution is -2.20. The van der Waals surface area contributed by atoms with Crippen LogP contribution in [-0.4, -0.2) is 20.1 Å². The number of halogens is 1. The number of anilines is 2. The van der Waals surface area contributed by atoms with E-state index in [-0.39, 0.29) is 11.9 Å². The normalized spacial score (nSPS) is 12.0. The third kappa shape index (κ3) is 3.73. The lowest BCUT2D eigenvalue weighted by atomic mass is 10.1. The van der Waals surface area contributed by atoms with Gasteiger partial charge in [0, 0.05) is 20.1 Å². The van der Waals surface area contributed by atoms with E-state index in [0.717, 1.165) is 17.7 Å². The topological polar surface area (TPSA) is 15.3 Å². The van der Waals surface area contributed by atoms with Crippen LogP contribution in [0.15, 0.2) is 48.5 Å². The average molecular weight is 272 g/mol. The molecule has 0 amide bonds. The molecule has 0 bridgehead atoms. The van der Waals surface area contributed by atoms with Gasteiger partial charge < -0.3 is 10.2 Å². The van der Waals surface area contributed by atoms with Crippen molar-refractivity contribution in [3.05, 3.63) is 59.9 Å². The van der Waals surface area contributed by atoms with Gasteiger partial charge in [-0.1, -0.05) is 24.3 Å². The molecule has 0 aromatic heterocycles. The van der Waals surface area contributed by atoms with Crippen molar-refractivity contribution in [1.82, 2.24) is 0 Å². The van der Waals surface area contributed by atoms with Crippen molar-refractivity contribution in [1.29, 1.82) is 0 Å². The van der Waals surface area contributed by atoms with Crippen molar-refractivity contribution in [2.45, 2.75) is 19.4 Å². The predicted octanol–water partition coefficient (Wildman–Crippen LogP) is 3.93. The Morgan fingerprint density at radius 1 is 1.05 bits per heavy atom. The first-order valence-electron chi connectivity index (χ1n) is 6.83. The Morgan fingerprint density at radius 3 is 2.35 bits per heavy atom. The molecule has 0 radical (unpaired) electrons. The second kappa shape index (κ2) is 6.42. The smallest absolute Gasteiger partial charge is 0.123 e. The minimum Gasteiger partial charge on any atom is -0.381 e. The van der Waals surface area contributed by atoms with E-state index in [2.05, 4.69) is 29.3 Å². The summed E-state index contributed by atoms with van der Waals surface area (Å²) in [6, 6.07) is 15.2. The molecule has 2 aromatic rings. The van der Waals surface area contributed by atoms with E-state index in [1.54, 1.807) is 0 Å². The summed E-state index contributed by atoms with van der Waals surface area (Å²) >= 11 is 0. The minimum absolute atomic E-state index is 0.188. The molecule has 0 saturated heterocycles. The number of nitrogens with zero attached hydrogens (tertiary/aromatic N) is 1. The maximum atomic E-state index is 12.9. The summed E-state index contributed by atoms with van der Waals surface area (Å²) < 4.78 is 12.9. The number of benzene rings is 2. The Morgan fingerprint density at radius 2 is 1.70 bits per heavy atom. The monoisotopic (exact) mass is 272 g/mol. The van der Waals surface area contributed by atoms with Crippen molar-refractivity contribution < 1.29 is 4.39 Å². The molecule has 1 unspecified atom stereocenters. The molecule has 0 aliphatic rings. The summed E-state index contributed by atoms with van der Waals surface area (Å²) in [5, 5.41) is 3.52. The van der Waals surface area contributed by atoms with Crippen LogP contribution in [0.4, 0.5) is 15.8 Å². The van der Waals surface area contributed by atoms with E-state index in [1.807, 2.05) is 38.4 Å². The van der Waals surface area contributed by atoms with Crippen LogP contribution >= 0.6 is 0 Å². The zero-order valence-corrected chi connectivity index (χ0v) is 12.2. The van der Waals surface area contributed by atoms with Crippen LogP contribution in [0, 0.1) is 5.82 Å². The van der Waals surface area contributed by atoms with E-state index < -0.39 is 0 Å². The fourth-order valence-corrected chi connectivity index (χ4v) is 2.28. The number of hydrogen-bond donors (Lipinski definition) is 1. The molecule has 0 saturated carbocycles. The van der Waals surface area contributed by atoms with E-state index >= 15 is 0 Å². The standard InChI is InChI=1S/C17H21FN2/c1-13(12-14-8-10-15(18)11-9-14)19-16-6-4-5-7-17(16)20(2)3/h4-11,13,19H,12H2,1-3H3. The molecule has 0 spiro atoms. The molecule has 1 atom stereocenters. The fraction of sp³-hybridized carbons (Fsp3) is 0.294. The van der Waals surface area contributed by atoms with Crippen molar-refractivity contribution in [2.24, 2.45) is 0 Å². The molecule has 20 heavy (non-hydrogen) atoms. The molecule has 0 heterocycles. The quantitative estimate of drug-likeness (QED) is 0.887. The number of nitrogens with one attached hydrogen (secondary N) is 1. The largest absolute Gasteiger partial charge is 0.381 e. The number of hydrogen-bond acceptors (Lipinski definition) is 2. The average Bonchev–Trinajstić information content (AvgIpc) is 2.41. The third-order valence-electron chi connectivity index (χ3n) is 3.24. The maximum Gasteiger partial charge on any atom is 0.123 e. The Hall–Kier alpha value is -2.03. The Labute approximate surface area is 120 Å². The second-order valence-electron chi connectivity index (χ2n) is 5.29. The van der Waals surface area contributed by atoms with Crippen LogP contribution in [0.3, 0.4) is 0 Å². The summed E-state index contributed by atoms with van der Waals surface area (Å²) in [4.78, 5) is 2.09. The Kier molecular flexibility index (Phi) is 4.61. The molecule has 2 nitrogen and oxygen atoms in total. The zero-order chi connectivity index (χ0) is 14.5. The zero-order valence-electron chi connectivity index (χ0n) is 12.2. The predicted molar refractivity (Wildman–Crippen MR) is 84.0 cm³/mol. The maximum absolute atomic E-state index is 12.9. The van der Waals surface area contributed by atoms with Gasteiger partial charge in [-0.15, -0.1) is 0 Å². The van der Waals surface area contributed by atoms with Gasteiger partial charge in [-0.05, 0) is 43.2 Å². The molecule has 0 fully saturated rings.